The molecule has 0 aliphatic carbocycles. The molecule has 6 radical (unpaired) electrons. The van der Waals surface area contributed by atoms with E-state index in [4.69, 9.17) is 0 Å². The molecule has 72 valence electrons. The van der Waals surface area contributed by atoms with Gasteiger partial charge in [0.15, 0.2) is 32.6 Å². The molecule has 1 aromatic rings. The molecule has 1 aromatic carbocycles. The highest BCUT2D eigenvalue weighted by molar-refractivity contribution is 6.51. The van der Waals surface area contributed by atoms with E-state index in [1.54, 1.807) is 0 Å². The summed E-state index contributed by atoms with van der Waals surface area (Å²) in [6.07, 6.45) is 0. The molecule has 0 N–H and O–H groups in total. The smallest absolute Gasteiger partial charge is 0.328 e. The summed E-state index contributed by atoms with van der Waals surface area (Å²) in [4.78, 5) is 23.8. The van der Waals surface area contributed by atoms with Crippen LogP contribution in [-0.4, -0.2) is 64.8 Å². The van der Waals surface area contributed by atoms with Crippen LogP contribution >= 0.6 is 0 Å². The van der Waals surface area contributed by atoms with E-state index in [1.165, 1.54) is 0 Å². The van der Waals surface area contributed by atoms with Gasteiger partial charge >= 0.3 is 16.5 Å². The predicted molar refractivity (Wildman–Crippen MR) is 62.9 cm³/mol. The predicted octanol–water partition coefficient (Wildman–Crippen LogP) is -1.43. The molecule has 0 saturated carbocycles. The molecule has 16 heavy (non-hydrogen) atoms. The van der Waals surface area contributed by atoms with Crippen molar-refractivity contribution in [3.8, 4) is 0 Å². The van der Waals surface area contributed by atoms with Crippen LogP contribution in [0.1, 0.15) is 31.8 Å². The van der Waals surface area contributed by atoms with Crippen LogP contribution in [0.2, 0.25) is 0 Å². The third kappa shape index (κ3) is 1.47. The molecule has 0 bridgehead atoms. The Morgan fingerprint density at radius 3 is 1.50 bits per heavy atom. The number of imide groups is 1. The highest BCUT2D eigenvalue weighted by atomic mass is 27.1. The summed E-state index contributed by atoms with van der Waals surface area (Å²) in [6, 6.07) is 0. The lowest BCUT2D eigenvalue weighted by Gasteiger charge is -2.15. The second-order valence-corrected chi connectivity index (χ2v) is 5.48. The summed E-state index contributed by atoms with van der Waals surface area (Å²) in [7, 11) is 0. The van der Waals surface area contributed by atoms with Crippen molar-refractivity contribution in [1.82, 2.24) is 3.88 Å². The molecule has 0 aromatic heterocycles. The SMILES string of the molecule is Cc1[c]([Al])[c]([Al])c(C)c2c1C(=O)[N]([Al])C2=O. The van der Waals surface area contributed by atoms with E-state index in [2.05, 4.69) is 49.1 Å². The Hall–Kier alpha value is -0.0426. The van der Waals surface area contributed by atoms with Crippen molar-refractivity contribution in [2.75, 3.05) is 0 Å². The standard InChI is InChI=1S/C10H7NO2.3Al/c1-5-3-4-6(2)8-7(5)9(12)11-10(8)13;;;/h1-2H3,(H,11,12,13);;;/q;;;+1/p-1. The first-order chi connectivity index (χ1) is 7.37. The molecule has 2 rings (SSSR count). The van der Waals surface area contributed by atoms with Crippen molar-refractivity contribution >= 4 is 69.8 Å². The van der Waals surface area contributed by atoms with Gasteiger partial charge < -0.3 is 3.88 Å². The van der Waals surface area contributed by atoms with Crippen LogP contribution in [0.3, 0.4) is 0 Å². The number of nitrogens with zero attached hydrogens (tertiary/aromatic N) is 1. The molecule has 3 nitrogen and oxygen atoms in total. The Morgan fingerprint density at radius 2 is 1.19 bits per heavy atom. The second kappa shape index (κ2) is 4.01. The normalized spacial score (nSPS) is 14.5. The van der Waals surface area contributed by atoms with E-state index >= 15 is 0 Å². The van der Waals surface area contributed by atoms with Gasteiger partial charge in [-0.15, -0.1) is 8.85 Å². The number of hydrogen-bond acceptors (Lipinski definition) is 2. The number of carbonyl (C=O) groups is 2. The lowest BCUT2D eigenvalue weighted by Crippen LogP contribution is -2.33. The molecule has 1 aliphatic rings. The van der Waals surface area contributed by atoms with Gasteiger partial charge in [-0.2, -0.15) is 0 Å². The Bertz CT molecular complexity index is 493. The molecule has 0 fully saturated rings. The average molecular weight is 253 g/mol. The largest absolute Gasteiger partial charge is 0.389 e. The number of carbonyl (C=O) groups excluding carboxylic acids is 2. The molecular weight excluding hydrogens is 247 g/mol. The minimum atomic E-state index is -0.237. The number of amides is 2. The molecule has 0 spiro atoms. The summed E-state index contributed by atoms with van der Waals surface area (Å²) in [5.41, 5.74) is 2.79. The monoisotopic (exact) mass is 253 g/mol. The van der Waals surface area contributed by atoms with Gasteiger partial charge in [-0.25, -0.2) is 0 Å². The zero-order valence-electron chi connectivity index (χ0n) is 9.00. The van der Waals surface area contributed by atoms with Crippen molar-refractivity contribution in [2.24, 2.45) is 0 Å². The summed E-state index contributed by atoms with van der Waals surface area (Å²) in [6.45, 7) is 3.73. The maximum absolute atomic E-state index is 11.9. The van der Waals surface area contributed by atoms with Gasteiger partial charge in [0.2, 0.25) is 11.8 Å². The Balaban J connectivity index is 2.91. The first-order valence-corrected chi connectivity index (χ1v) is 6.36. The summed E-state index contributed by atoms with van der Waals surface area (Å²) >= 11 is 7.42. The lowest BCUT2D eigenvalue weighted by atomic mass is 9.98. The second-order valence-electron chi connectivity index (χ2n) is 3.81. The molecule has 2 amide bonds. The highest BCUT2D eigenvalue weighted by Gasteiger charge is 2.34. The van der Waals surface area contributed by atoms with Crippen molar-refractivity contribution in [2.45, 2.75) is 13.8 Å². The summed E-state index contributed by atoms with van der Waals surface area (Å²) in [5.74, 6) is -0.474. The molecule has 0 atom stereocenters. The van der Waals surface area contributed by atoms with Gasteiger partial charge in [-0.05, 0) is 13.8 Å². The van der Waals surface area contributed by atoms with Crippen LogP contribution in [0, 0.1) is 13.8 Å². The quantitative estimate of drug-likeness (QED) is 0.420. The average Bonchev–Trinajstić information content (AvgIpc) is 2.48. The summed E-state index contributed by atoms with van der Waals surface area (Å²) < 4.78 is 3.05. The van der Waals surface area contributed by atoms with Crippen molar-refractivity contribution in [3.05, 3.63) is 22.3 Å². The van der Waals surface area contributed by atoms with E-state index in [1.807, 2.05) is 13.8 Å². The van der Waals surface area contributed by atoms with E-state index < -0.39 is 0 Å². The van der Waals surface area contributed by atoms with Gasteiger partial charge in [-0.1, -0.05) is 11.1 Å². The molecule has 0 unspecified atom stereocenters. The van der Waals surface area contributed by atoms with Gasteiger partial charge in [0.05, 0.1) is 11.1 Å². The first kappa shape index (κ1) is 12.4. The van der Waals surface area contributed by atoms with Crippen LogP contribution in [-0.2, 0) is 0 Å². The van der Waals surface area contributed by atoms with Gasteiger partial charge in [-0.3, -0.25) is 9.59 Å². The molecular formula is C10H6Al3NO2. The van der Waals surface area contributed by atoms with Gasteiger partial charge in [0.25, 0.3) is 0 Å². The fourth-order valence-electron chi connectivity index (χ4n) is 1.92. The number of hydrogen-bond donors (Lipinski definition) is 0. The maximum Gasteiger partial charge on any atom is 0.328 e. The molecule has 0 saturated heterocycles. The van der Waals surface area contributed by atoms with Crippen molar-refractivity contribution in [3.63, 3.8) is 0 Å². The van der Waals surface area contributed by atoms with E-state index in [0.29, 0.717) is 11.1 Å². The Kier molecular flexibility index (Phi) is 3.11. The fraction of sp³-hybridized carbons (Fsp3) is 0.200. The minimum Gasteiger partial charge on any atom is -0.389 e. The number of rotatable bonds is 0. The molecule has 1 aliphatic heterocycles. The van der Waals surface area contributed by atoms with Gasteiger partial charge in [0, 0.05) is 0 Å². The number of fused-ring (bicyclic) bond motifs is 1. The van der Waals surface area contributed by atoms with Crippen LogP contribution in [0.4, 0.5) is 0 Å². The van der Waals surface area contributed by atoms with E-state index in [0.717, 1.165) is 23.9 Å². The van der Waals surface area contributed by atoms with Crippen LogP contribution in [0.25, 0.3) is 0 Å². The topological polar surface area (TPSA) is 37.4 Å². The van der Waals surface area contributed by atoms with Crippen molar-refractivity contribution < 1.29 is 9.59 Å². The zero-order chi connectivity index (χ0) is 12.2. The van der Waals surface area contributed by atoms with Crippen molar-refractivity contribution in [1.29, 1.82) is 0 Å². The number of benzene rings is 1. The van der Waals surface area contributed by atoms with E-state index in [-0.39, 0.29) is 11.8 Å². The van der Waals surface area contributed by atoms with Crippen LogP contribution < -0.4 is 8.85 Å². The highest BCUT2D eigenvalue weighted by Crippen LogP contribution is 2.25. The fourth-order valence-corrected chi connectivity index (χ4v) is 2.90. The minimum absolute atomic E-state index is 0.237. The van der Waals surface area contributed by atoms with Crippen LogP contribution in [0.5, 0.6) is 0 Å². The first-order valence-electron chi connectivity index (χ1n) is 4.69. The van der Waals surface area contributed by atoms with Gasteiger partial charge in [0.1, 0.15) is 0 Å². The third-order valence-electron chi connectivity index (χ3n) is 2.96. The molecule has 1 heterocycles. The molecule has 6 heteroatoms. The Labute approximate surface area is 119 Å². The third-order valence-corrected chi connectivity index (χ3v) is 5.25. The van der Waals surface area contributed by atoms with Crippen LogP contribution in [0.15, 0.2) is 0 Å². The van der Waals surface area contributed by atoms with E-state index in [9.17, 15) is 9.59 Å². The maximum atomic E-state index is 11.9. The lowest BCUT2D eigenvalue weighted by molar-refractivity contribution is 0.0766. The zero-order valence-corrected chi connectivity index (χ0v) is 12.5. The summed E-state index contributed by atoms with van der Waals surface area (Å²) in [5, 5.41) is 0. The Morgan fingerprint density at radius 1 is 0.875 bits per heavy atom.